The molecule has 0 saturated heterocycles. The number of benzene rings is 1. The summed E-state index contributed by atoms with van der Waals surface area (Å²) >= 11 is 0. The zero-order valence-corrected chi connectivity index (χ0v) is 11.1. The van der Waals surface area contributed by atoms with E-state index in [2.05, 4.69) is 10.4 Å². The number of hydrogen-bond donors (Lipinski definition) is 1. The Morgan fingerprint density at radius 2 is 2.00 bits per heavy atom. The number of aryl methyl sites for hydroxylation is 4. The average molecular weight is 243 g/mol. The molecule has 0 spiro atoms. The standard InChI is InChI=1S/C14H17N3O/c1-9-5-6-13(10(2)7-9)15-14(18)12-8-17(4)16-11(12)3/h5-8H,1-4H3,(H,15,18). The molecule has 2 rings (SSSR count). The molecule has 18 heavy (non-hydrogen) atoms. The fourth-order valence-electron chi connectivity index (χ4n) is 1.97. The highest BCUT2D eigenvalue weighted by Crippen LogP contribution is 2.17. The molecule has 0 radical (unpaired) electrons. The normalized spacial score (nSPS) is 10.4. The predicted octanol–water partition coefficient (Wildman–Crippen LogP) is 2.60. The third-order valence-electron chi connectivity index (χ3n) is 2.89. The molecule has 4 nitrogen and oxygen atoms in total. The fraction of sp³-hybridized carbons (Fsp3) is 0.286. The quantitative estimate of drug-likeness (QED) is 0.881. The summed E-state index contributed by atoms with van der Waals surface area (Å²) in [6, 6.07) is 5.96. The van der Waals surface area contributed by atoms with E-state index in [9.17, 15) is 4.79 Å². The Morgan fingerprint density at radius 1 is 1.28 bits per heavy atom. The molecule has 1 N–H and O–H groups in total. The van der Waals surface area contributed by atoms with Crippen LogP contribution in [-0.4, -0.2) is 15.7 Å². The van der Waals surface area contributed by atoms with Crippen molar-refractivity contribution in [3.8, 4) is 0 Å². The Morgan fingerprint density at radius 3 is 2.56 bits per heavy atom. The minimum Gasteiger partial charge on any atom is -0.322 e. The first-order chi connectivity index (χ1) is 8.47. The summed E-state index contributed by atoms with van der Waals surface area (Å²) in [4.78, 5) is 12.1. The van der Waals surface area contributed by atoms with Crippen LogP contribution in [0.5, 0.6) is 0 Å². The SMILES string of the molecule is Cc1ccc(NC(=O)c2cn(C)nc2C)c(C)c1. The van der Waals surface area contributed by atoms with Gasteiger partial charge in [-0.1, -0.05) is 17.7 Å². The fourth-order valence-corrected chi connectivity index (χ4v) is 1.97. The summed E-state index contributed by atoms with van der Waals surface area (Å²) < 4.78 is 1.65. The van der Waals surface area contributed by atoms with E-state index in [0.29, 0.717) is 5.56 Å². The van der Waals surface area contributed by atoms with Gasteiger partial charge in [-0.25, -0.2) is 0 Å². The highest BCUT2D eigenvalue weighted by molar-refractivity contribution is 6.05. The second kappa shape index (κ2) is 4.64. The Hall–Kier alpha value is -2.10. The van der Waals surface area contributed by atoms with Gasteiger partial charge in [-0.15, -0.1) is 0 Å². The maximum atomic E-state index is 12.1. The van der Waals surface area contributed by atoms with E-state index < -0.39 is 0 Å². The van der Waals surface area contributed by atoms with Gasteiger partial charge in [0.2, 0.25) is 0 Å². The van der Waals surface area contributed by atoms with Crippen LogP contribution in [0.25, 0.3) is 0 Å². The highest BCUT2D eigenvalue weighted by atomic mass is 16.1. The van der Waals surface area contributed by atoms with Crippen LogP contribution in [0, 0.1) is 20.8 Å². The van der Waals surface area contributed by atoms with E-state index in [-0.39, 0.29) is 5.91 Å². The second-order valence-electron chi connectivity index (χ2n) is 4.57. The molecule has 0 saturated carbocycles. The molecule has 1 aromatic carbocycles. The maximum Gasteiger partial charge on any atom is 0.259 e. The maximum absolute atomic E-state index is 12.1. The number of hydrogen-bond acceptors (Lipinski definition) is 2. The van der Waals surface area contributed by atoms with Crippen LogP contribution in [0.2, 0.25) is 0 Å². The Kier molecular flexibility index (Phi) is 3.19. The van der Waals surface area contributed by atoms with E-state index in [1.165, 1.54) is 5.56 Å². The molecular formula is C14H17N3O. The van der Waals surface area contributed by atoms with Crippen LogP contribution < -0.4 is 5.32 Å². The van der Waals surface area contributed by atoms with Crippen molar-refractivity contribution in [3.05, 3.63) is 46.8 Å². The van der Waals surface area contributed by atoms with Crippen LogP contribution in [-0.2, 0) is 7.05 Å². The van der Waals surface area contributed by atoms with Gasteiger partial charge in [0.05, 0.1) is 11.3 Å². The lowest BCUT2D eigenvalue weighted by atomic mass is 10.1. The molecule has 0 aliphatic heterocycles. The van der Waals surface area contributed by atoms with Gasteiger partial charge in [0, 0.05) is 18.9 Å². The van der Waals surface area contributed by atoms with Gasteiger partial charge in [-0.3, -0.25) is 9.48 Å². The van der Waals surface area contributed by atoms with Crippen molar-refractivity contribution in [2.45, 2.75) is 20.8 Å². The van der Waals surface area contributed by atoms with Gasteiger partial charge in [-0.05, 0) is 32.4 Å². The van der Waals surface area contributed by atoms with Gasteiger partial charge in [0.15, 0.2) is 0 Å². The molecule has 0 atom stereocenters. The third kappa shape index (κ3) is 2.42. The van der Waals surface area contributed by atoms with Gasteiger partial charge < -0.3 is 5.32 Å². The van der Waals surface area contributed by atoms with Crippen LogP contribution in [0.1, 0.15) is 27.2 Å². The first-order valence-corrected chi connectivity index (χ1v) is 5.86. The number of aromatic nitrogens is 2. The van der Waals surface area contributed by atoms with Crippen molar-refractivity contribution in [1.29, 1.82) is 0 Å². The van der Waals surface area contributed by atoms with Crippen LogP contribution in [0.4, 0.5) is 5.69 Å². The lowest BCUT2D eigenvalue weighted by Crippen LogP contribution is -2.13. The van der Waals surface area contributed by atoms with Gasteiger partial charge in [0.1, 0.15) is 0 Å². The largest absolute Gasteiger partial charge is 0.322 e. The van der Waals surface area contributed by atoms with Crippen LogP contribution >= 0.6 is 0 Å². The van der Waals surface area contributed by atoms with Crippen molar-refractivity contribution in [2.24, 2.45) is 7.05 Å². The van der Waals surface area contributed by atoms with Gasteiger partial charge in [0.25, 0.3) is 5.91 Å². The Balaban J connectivity index is 2.24. The second-order valence-corrected chi connectivity index (χ2v) is 4.57. The molecule has 1 amide bonds. The molecule has 0 fully saturated rings. The topological polar surface area (TPSA) is 46.9 Å². The summed E-state index contributed by atoms with van der Waals surface area (Å²) in [5.74, 6) is -0.118. The monoisotopic (exact) mass is 243 g/mol. The number of carbonyl (C=O) groups excluding carboxylic acids is 1. The summed E-state index contributed by atoms with van der Waals surface area (Å²) in [5, 5.41) is 7.08. The van der Waals surface area contributed by atoms with Crippen molar-refractivity contribution in [3.63, 3.8) is 0 Å². The highest BCUT2D eigenvalue weighted by Gasteiger charge is 2.13. The lowest BCUT2D eigenvalue weighted by Gasteiger charge is -2.08. The molecule has 94 valence electrons. The predicted molar refractivity (Wildman–Crippen MR) is 71.8 cm³/mol. The van der Waals surface area contributed by atoms with Crippen LogP contribution in [0.15, 0.2) is 24.4 Å². The molecule has 0 unspecified atom stereocenters. The molecule has 2 aromatic rings. The summed E-state index contributed by atoms with van der Waals surface area (Å²) in [6.45, 7) is 5.85. The third-order valence-corrected chi connectivity index (χ3v) is 2.89. The molecule has 4 heteroatoms. The molecule has 0 aliphatic rings. The van der Waals surface area contributed by atoms with Crippen LogP contribution in [0.3, 0.4) is 0 Å². The van der Waals surface area contributed by atoms with E-state index >= 15 is 0 Å². The smallest absolute Gasteiger partial charge is 0.259 e. The number of rotatable bonds is 2. The molecule has 1 heterocycles. The molecule has 0 aliphatic carbocycles. The van der Waals surface area contributed by atoms with E-state index in [0.717, 1.165) is 16.9 Å². The molecule has 1 aromatic heterocycles. The average Bonchev–Trinajstić information content (AvgIpc) is 2.62. The first kappa shape index (κ1) is 12.4. The number of anilines is 1. The molecule has 0 bridgehead atoms. The van der Waals surface area contributed by atoms with E-state index in [1.807, 2.05) is 39.0 Å². The summed E-state index contributed by atoms with van der Waals surface area (Å²) in [6.07, 6.45) is 1.73. The summed E-state index contributed by atoms with van der Waals surface area (Å²) in [7, 11) is 1.81. The zero-order valence-electron chi connectivity index (χ0n) is 11.1. The number of nitrogens with one attached hydrogen (secondary N) is 1. The minimum atomic E-state index is -0.118. The minimum absolute atomic E-state index is 0.118. The van der Waals surface area contributed by atoms with E-state index in [4.69, 9.17) is 0 Å². The number of amides is 1. The number of nitrogens with zero attached hydrogens (tertiary/aromatic N) is 2. The van der Waals surface area contributed by atoms with Crippen molar-refractivity contribution < 1.29 is 4.79 Å². The van der Waals surface area contributed by atoms with Crippen molar-refractivity contribution >= 4 is 11.6 Å². The molecular weight excluding hydrogens is 226 g/mol. The van der Waals surface area contributed by atoms with Gasteiger partial charge >= 0.3 is 0 Å². The first-order valence-electron chi connectivity index (χ1n) is 5.86. The Bertz CT molecular complexity index is 599. The zero-order chi connectivity index (χ0) is 13.3. The number of carbonyl (C=O) groups is 1. The summed E-state index contributed by atoms with van der Waals surface area (Å²) in [5.41, 5.74) is 4.43. The van der Waals surface area contributed by atoms with Gasteiger partial charge in [-0.2, -0.15) is 5.10 Å². The lowest BCUT2D eigenvalue weighted by molar-refractivity contribution is 0.102. The van der Waals surface area contributed by atoms with Crippen molar-refractivity contribution in [1.82, 2.24) is 9.78 Å². The van der Waals surface area contributed by atoms with E-state index in [1.54, 1.807) is 17.9 Å². The van der Waals surface area contributed by atoms with Crippen molar-refractivity contribution in [2.75, 3.05) is 5.32 Å². The Labute approximate surface area is 107 Å².